The molecule has 0 bridgehead atoms. The van der Waals surface area contributed by atoms with Crippen LogP contribution in [0.25, 0.3) is 0 Å². The molecule has 62 valence electrons. The molecule has 0 radical (unpaired) electrons. The first kappa shape index (κ1) is 10.1. The van der Waals surface area contributed by atoms with Gasteiger partial charge in [-0.1, -0.05) is 0 Å². The Morgan fingerprint density at radius 2 is 2.09 bits per heavy atom. The van der Waals surface area contributed by atoms with Gasteiger partial charge in [-0.3, -0.25) is 0 Å². The number of nitrogens with zero attached hydrogens (tertiary/aromatic N) is 1. The molecule has 0 unspecified atom stereocenters. The van der Waals surface area contributed by atoms with Crippen molar-refractivity contribution in [3.05, 3.63) is 23.9 Å². The van der Waals surface area contributed by atoms with Crippen molar-refractivity contribution < 1.29 is 8.78 Å². The summed E-state index contributed by atoms with van der Waals surface area (Å²) < 4.78 is 24.6. The normalized spacial score (nSPS) is 8.64. The Hall–Kier alpha value is -0.900. The van der Waals surface area contributed by atoms with Gasteiger partial charge in [0, 0.05) is 13.1 Å². The van der Waals surface area contributed by atoms with E-state index < -0.39 is 11.6 Å². The highest BCUT2D eigenvalue weighted by molar-refractivity contribution is 5.85. The Labute approximate surface area is 69.1 Å². The number of nitrogens with one attached hydrogen (secondary N) is 1. The smallest absolute Gasteiger partial charge is 0.168 e. The van der Waals surface area contributed by atoms with Crippen LogP contribution >= 0.6 is 12.4 Å². The lowest BCUT2D eigenvalue weighted by atomic mass is 10.4. The molecule has 5 heteroatoms. The fraction of sp³-hybridized carbons (Fsp3) is 0.167. The maximum Gasteiger partial charge on any atom is 0.168 e. The van der Waals surface area contributed by atoms with E-state index in [4.69, 9.17) is 0 Å². The molecule has 1 N–H and O–H groups in total. The Kier molecular flexibility index (Phi) is 3.74. The highest BCUT2D eigenvalue weighted by Gasteiger charge is 2.00. The molecule has 0 aliphatic rings. The zero-order valence-electron chi connectivity index (χ0n) is 5.77. The lowest BCUT2D eigenvalue weighted by Crippen LogP contribution is -1.96. The SMILES string of the molecule is CNc1ncc(F)cc1F.Cl. The van der Waals surface area contributed by atoms with Gasteiger partial charge in [-0.25, -0.2) is 13.8 Å². The largest absolute Gasteiger partial charge is 0.371 e. The molecule has 0 aromatic carbocycles. The van der Waals surface area contributed by atoms with Crippen molar-refractivity contribution in [3.8, 4) is 0 Å². The number of halogens is 3. The standard InChI is InChI=1S/C6H6F2N2.ClH/c1-9-6-5(8)2-4(7)3-10-6;/h2-3H,1H3,(H,9,10);1H. The molecule has 0 amide bonds. The van der Waals surface area contributed by atoms with E-state index in [1.807, 2.05) is 0 Å². The summed E-state index contributed by atoms with van der Waals surface area (Å²) in [5.41, 5.74) is 0. The van der Waals surface area contributed by atoms with Crippen molar-refractivity contribution in [2.45, 2.75) is 0 Å². The van der Waals surface area contributed by atoms with Crippen molar-refractivity contribution in [2.24, 2.45) is 0 Å². The van der Waals surface area contributed by atoms with Crippen LogP contribution in [0.2, 0.25) is 0 Å². The number of pyridine rings is 1. The predicted molar refractivity (Wildman–Crippen MR) is 40.9 cm³/mol. The minimum absolute atomic E-state index is 0. The number of aromatic nitrogens is 1. The Morgan fingerprint density at radius 1 is 1.45 bits per heavy atom. The van der Waals surface area contributed by atoms with E-state index in [1.54, 1.807) is 0 Å². The molecule has 0 aliphatic carbocycles. The fourth-order valence-corrected chi connectivity index (χ4v) is 0.599. The maximum absolute atomic E-state index is 12.5. The van der Waals surface area contributed by atoms with Crippen LogP contribution in [0.5, 0.6) is 0 Å². The molecule has 2 nitrogen and oxygen atoms in total. The van der Waals surface area contributed by atoms with E-state index in [1.165, 1.54) is 7.05 Å². The second kappa shape index (κ2) is 4.08. The summed E-state index contributed by atoms with van der Waals surface area (Å²) >= 11 is 0. The van der Waals surface area contributed by atoms with Gasteiger partial charge in [0.15, 0.2) is 11.6 Å². The van der Waals surface area contributed by atoms with Gasteiger partial charge in [0.2, 0.25) is 0 Å². The quantitative estimate of drug-likeness (QED) is 0.713. The summed E-state index contributed by atoms with van der Waals surface area (Å²) in [5.74, 6) is -1.29. The minimum atomic E-state index is -0.678. The first-order chi connectivity index (χ1) is 4.74. The Morgan fingerprint density at radius 3 is 2.55 bits per heavy atom. The van der Waals surface area contributed by atoms with E-state index in [9.17, 15) is 8.78 Å². The molecular formula is C6H7ClF2N2. The van der Waals surface area contributed by atoms with Gasteiger partial charge >= 0.3 is 0 Å². The summed E-state index contributed by atoms with van der Waals surface area (Å²) in [6, 6.07) is 0.777. The lowest BCUT2D eigenvalue weighted by Gasteiger charge is -1.98. The molecule has 0 aliphatic heterocycles. The van der Waals surface area contributed by atoms with Crippen LogP contribution in [0.1, 0.15) is 0 Å². The van der Waals surface area contributed by atoms with Crippen molar-refractivity contribution in [1.29, 1.82) is 0 Å². The van der Waals surface area contributed by atoms with Gasteiger partial charge in [0.05, 0.1) is 6.20 Å². The van der Waals surface area contributed by atoms with Gasteiger partial charge < -0.3 is 5.32 Å². The van der Waals surface area contributed by atoms with Crippen LogP contribution in [0, 0.1) is 11.6 Å². The minimum Gasteiger partial charge on any atom is -0.371 e. The molecule has 0 saturated heterocycles. The molecule has 1 aromatic heterocycles. The lowest BCUT2D eigenvalue weighted by molar-refractivity contribution is 0.576. The fourth-order valence-electron chi connectivity index (χ4n) is 0.599. The number of anilines is 1. The average Bonchev–Trinajstić information content (AvgIpc) is 1.88. The Balaban J connectivity index is 0.000001000. The van der Waals surface area contributed by atoms with Crippen LogP contribution in [-0.2, 0) is 0 Å². The van der Waals surface area contributed by atoms with Crippen LogP contribution in [0.3, 0.4) is 0 Å². The second-order valence-electron chi connectivity index (χ2n) is 1.73. The number of rotatable bonds is 1. The van der Waals surface area contributed by atoms with E-state index in [0.717, 1.165) is 12.3 Å². The molecule has 0 atom stereocenters. The third-order valence-electron chi connectivity index (χ3n) is 1.04. The van der Waals surface area contributed by atoms with E-state index in [0.29, 0.717) is 0 Å². The second-order valence-corrected chi connectivity index (χ2v) is 1.73. The summed E-state index contributed by atoms with van der Waals surface area (Å²) in [5, 5.41) is 2.47. The van der Waals surface area contributed by atoms with Gasteiger partial charge in [0.1, 0.15) is 5.82 Å². The first-order valence-corrected chi connectivity index (χ1v) is 2.73. The highest BCUT2D eigenvalue weighted by Crippen LogP contribution is 2.09. The molecule has 11 heavy (non-hydrogen) atoms. The molecule has 1 heterocycles. The zero-order chi connectivity index (χ0) is 7.56. The molecule has 1 rings (SSSR count). The van der Waals surface area contributed by atoms with Gasteiger partial charge in [-0.2, -0.15) is 0 Å². The van der Waals surface area contributed by atoms with Gasteiger partial charge in [-0.15, -0.1) is 12.4 Å². The highest BCUT2D eigenvalue weighted by atomic mass is 35.5. The first-order valence-electron chi connectivity index (χ1n) is 2.73. The van der Waals surface area contributed by atoms with Crippen molar-refractivity contribution >= 4 is 18.2 Å². The van der Waals surface area contributed by atoms with Crippen molar-refractivity contribution in [3.63, 3.8) is 0 Å². The van der Waals surface area contributed by atoms with Crippen LogP contribution < -0.4 is 5.32 Å². The number of hydrogen-bond donors (Lipinski definition) is 1. The van der Waals surface area contributed by atoms with Crippen LogP contribution in [0.4, 0.5) is 14.6 Å². The van der Waals surface area contributed by atoms with E-state index >= 15 is 0 Å². The Bertz CT molecular complexity index is 242. The summed E-state index contributed by atoms with van der Waals surface area (Å²) in [6.07, 6.45) is 0.953. The topological polar surface area (TPSA) is 24.9 Å². The molecular weight excluding hydrogens is 174 g/mol. The molecule has 0 saturated carbocycles. The summed E-state index contributed by atoms with van der Waals surface area (Å²) in [7, 11) is 1.52. The van der Waals surface area contributed by atoms with Crippen LogP contribution in [-0.4, -0.2) is 12.0 Å². The van der Waals surface area contributed by atoms with Crippen molar-refractivity contribution in [2.75, 3.05) is 12.4 Å². The van der Waals surface area contributed by atoms with E-state index in [2.05, 4.69) is 10.3 Å². The monoisotopic (exact) mass is 180 g/mol. The number of hydrogen-bond acceptors (Lipinski definition) is 2. The average molecular weight is 181 g/mol. The summed E-state index contributed by atoms with van der Waals surface area (Å²) in [4.78, 5) is 3.44. The third-order valence-corrected chi connectivity index (χ3v) is 1.04. The third kappa shape index (κ3) is 2.31. The predicted octanol–water partition coefficient (Wildman–Crippen LogP) is 1.82. The summed E-state index contributed by atoms with van der Waals surface area (Å²) in [6.45, 7) is 0. The molecule has 1 aromatic rings. The van der Waals surface area contributed by atoms with Gasteiger partial charge in [0.25, 0.3) is 0 Å². The van der Waals surface area contributed by atoms with Gasteiger partial charge in [-0.05, 0) is 0 Å². The maximum atomic E-state index is 12.5. The zero-order valence-corrected chi connectivity index (χ0v) is 6.58. The van der Waals surface area contributed by atoms with Crippen molar-refractivity contribution in [1.82, 2.24) is 4.98 Å². The molecule has 0 spiro atoms. The molecule has 0 fully saturated rings. The van der Waals surface area contributed by atoms with Crippen LogP contribution in [0.15, 0.2) is 12.3 Å². The van der Waals surface area contributed by atoms with E-state index in [-0.39, 0.29) is 18.2 Å².